The van der Waals surface area contributed by atoms with Crippen LogP contribution in [0.2, 0.25) is 0 Å². The molecular formula is C23H25FN6O2. The molecule has 32 heavy (non-hydrogen) atoms. The van der Waals surface area contributed by atoms with E-state index in [1.54, 1.807) is 24.5 Å². The molecule has 4 atom stereocenters. The first-order valence-corrected chi connectivity index (χ1v) is 10.5. The van der Waals surface area contributed by atoms with Gasteiger partial charge >= 0.3 is 0 Å². The Morgan fingerprint density at radius 1 is 1.19 bits per heavy atom. The smallest absolute Gasteiger partial charge is 0.233 e. The second kappa shape index (κ2) is 8.31. The summed E-state index contributed by atoms with van der Waals surface area (Å²) in [5.41, 5.74) is 2.06. The molecule has 0 spiro atoms. The molecule has 0 saturated carbocycles. The summed E-state index contributed by atoms with van der Waals surface area (Å²) in [5.74, 6) is 0.393. The predicted molar refractivity (Wildman–Crippen MR) is 118 cm³/mol. The number of aromatic nitrogens is 4. The van der Waals surface area contributed by atoms with Gasteiger partial charge in [0.1, 0.15) is 17.7 Å². The highest BCUT2D eigenvalue weighted by Gasteiger charge is 2.43. The maximum absolute atomic E-state index is 14.9. The topological polar surface area (TPSA) is 96.3 Å². The zero-order chi connectivity index (χ0) is 24.7. The third-order valence-electron chi connectivity index (χ3n) is 6.39. The highest BCUT2D eigenvalue weighted by atomic mass is 19.1. The van der Waals surface area contributed by atoms with Crippen LogP contribution in [0.3, 0.4) is 0 Å². The van der Waals surface area contributed by atoms with Gasteiger partial charge in [-0.1, -0.05) is 6.07 Å². The molecule has 2 fully saturated rings. The van der Waals surface area contributed by atoms with Crippen molar-refractivity contribution < 1.29 is 18.3 Å². The van der Waals surface area contributed by atoms with Crippen LogP contribution in [-0.4, -0.2) is 63.7 Å². The summed E-state index contributed by atoms with van der Waals surface area (Å²) in [5, 5.41) is 21.4. The van der Waals surface area contributed by atoms with Crippen LogP contribution in [0.4, 0.5) is 10.2 Å². The van der Waals surface area contributed by atoms with E-state index in [1.165, 1.54) is 18.3 Å². The van der Waals surface area contributed by atoms with Crippen LogP contribution in [0.1, 0.15) is 23.4 Å². The van der Waals surface area contributed by atoms with E-state index in [0.29, 0.717) is 34.2 Å². The molecule has 8 nitrogen and oxygen atoms in total. The number of phenols is 1. The number of alkyl halides is 1. The number of methoxy groups -OCH3 is 1. The molecule has 0 aliphatic carbocycles. The first-order valence-electron chi connectivity index (χ1n) is 12.0. The first kappa shape index (κ1) is 17.3. The number of hydrogen-bond acceptors (Lipinski definition) is 8. The van der Waals surface area contributed by atoms with Gasteiger partial charge in [-0.3, -0.25) is 4.98 Å². The molecule has 2 aliphatic rings. The van der Waals surface area contributed by atoms with E-state index in [4.69, 9.17) is 8.85 Å². The molecule has 3 aromatic rings. The molecule has 0 radical (unpaired) electrons. The van der Waals surface area contributed by atoms with E-state index < -0.39 is 13.2 Å². The van der Waals surface area contributed by atoms with Crippen molar-refractivity contribution in [2.45, 2.75) is 43.6 Å². The Kier molecular flexibility index (Phi) is 4.48. The lowest BCUT2D eigenvalue weighted by Crippen LogP contribution is -2.55. The number of piperidine rings is 1. The average molecular weight is 440 g/mol. The number of benzene rings is 1. The van der Waals surface area contributed by atoms with Gasteiger partial charge in [0.25, 0.3) is 0 Å². The molecule has 5 rings (SSSR count). The van der Waals surface area contributed by atoms with Gasteiger partial charge in [-0.2, -0.15) is 5.10 Å². The van der Waals surface area contributed by atoms with Gasteiger partial charge < -0.3 is 20.1 Å². The second-order valence-corrected chi connectivity index (χ2v) is 8.28. The Labute approximate surface area is 189 Å². The number of nitrogens with zero attached hydrogens (tertiary/aromatic N) is 5. The predicted octanol–water partition coefficient (Wildman–Crippen LogP) is 2.98. The third-order valence-corrected chi connectivity index (χ3v) is 6.39. The summed E-state index contributed by atoms with van der Waals surface area (Å²) >= 11 is 0. The Morgan fingerprint density at radius 3 is 2.88 bits per heavy atom. The highest BCUT2D eigenvalue weighted by Crippen LogP contribution is 2.35. The number of aromatic hydroxyl groups is 1. The molecule has 0 amide bonds. The van der Waals surface area contributed by atoms with Crippen molar-refractivity contribution in [3.8, 4) is 34.0 Å². The van der Waals surface area contributed by atoms with E-state index in [0.717, 1.165) is 19.3 Å². The van der Waals surface area contributed by atoms with E-state index in [9.17, 15) is 9.50 Å². The van der Waals surface area contributed by atoms with Gasteiger partial charge in [0.2, 0.25) is 5.88 Å². The number of fused-ring (bicyclic) bond motifs is 2. The molecule has 2 aliphatic heterocycles. The lowest BCUT2D eigenvalue weighted by Gasteiger charge is -2.38. The molecule has 9 heteroatoms. The Balaban J connectivity index is 1.33. The van der Waals surface area contributed by atoms with E-state index in [-0.39, 0.29) is 23.7 Å². The third kappa shape index (κ3) is 3.73. The van der Waals surface area contributed by atoms with Gasteiger partial charge in [0.15, 0.2) is 0 Å². The van der Waals surface area contributed by atoms with Gasteiger partial charge in [-0.25, -0.2) is 9.37 Å². The number of ether oxygens (including phenoxy) is 1. The summed E-state index contributed by atoms with van der Waals surface area (Å²) in [6.07, 6.45) is 6.20. The second-order valence-electron chi connectivity index (χ2n) is 8.28. The van der Waals surface area contributed by atoms with E-state index in [2.05, 4.69) is 25.5 Å². The van der Waals surface area contributed by atoms with Crippen molar-refractivity contribution in [1.29, 1.82) is 0 Å². The summed E-state index contributed by atoms with van der Waals surface area (Å²) < 4.78 is 41.3. The van der Waals surface area contributed by atoms with Crippen molar-refractivity contribution >= 4 is 5.82 Å². The SMILES string of the molecule is [2H]C([2H])([2H])Oc1cc(-c2ccc(-c3cnc(N(C)[C@H]4CC5CCC(N5)[C@H]4F)cn3)c(O)c2)cnn1. The molecule has 2 aromatic heterocycles. The Bertz CT molecular complexity index is 1210. The maximum Gasteiger partial charge on any atom is 0.233 e. The van der Waals surface area contributed by atoms with Crippen LogP contribution in [0, 0.1) is 0 Å². The number of halogens is 1. The average Bonchev–Trinajstić information content (AvgIpc) is 3.23. The van der Waals surface area contributed by atoms with Gasteiger partial charge in [0.05, 0.1) is 41.5 Å². The fourth-order valence-corrected chi connectivity index (χ4v) is 4.64. The standard InChI is InChI=1S/C23H25FN6O2/c1-30(19-9-15-4-6-17(28-15)23(19)24)21-12-25-18(11-26-21)16-5-3-13(7-20(16)31)14-8-22(32-2)29-27-10-14/h3,5,7-8,10-12,15,17,19,23,28,31H,4,6,9H2,1-2H3/t15?,17?,19-,23+/m0/s1/i2D3. The molecule has 2 bridgehead atoms. The highest BCUT2D eigenvalue weighted by molar-refractivity contribution is 5.74. The van der Waals surface area contributed by atoms with Crippen LogP contribution >= 0.6 is 0 Å². The van der Waals surface area contributed by atoms with Crippen molar-refractivity contribution in [2.75, 3.05) is 19.0 Å². The minimum Gasteiger partial charge on any atom is -0.507 e. The minimum absolute atomic E-state index is 0.0354. The molecular weight excluding hydrogens is 411 g/mol. The normalized spacial score (nSPS) is 26.1. The van der Waals surface area contributed by atoms with Gasteiger partial charge in [-0.15, -0.1) is 5.10 Å². The van der Waals surface area contributed by atoms with Crippen LogP contribution in [-0.2, 0) is 0 Å². The first-order chi connectivity index (χ1) is 16.7. The zero-order valence-electron chi connectivity index (χ0n) is 20.4. The van der Waals surface area contributed by atoms with Crippen molar-refractivity contribution in [3.05, 3.63) is 42.9 Å². The molecule has 1 aromatic carbocycles. The monoisotopic (exact) mass is 439 g/mol. The number of hydrogen-bond donors (Lipinski definition) is 2. The van der Waals surface area contributed by atoms with Gasteiger partial charge in [-0.05, 0) is 37.0 Å². The number of phenolic OH excluding ortho intramolecular Hbond substituents is 1. The Morgan fingerprint density at radius 2 is 2.09 bits per heavy atom. The fraction of sp³-hybridized carbons (Fsp3) is 0.391. The molecule has 2 N–H and O–H groups in total. The van der Waals surface area contributed by atoms with Crippen molar-refractivity contribution in [1.82, 2.24) is 25.5 Å². The summed E-state index contributed by atoms with van der Waals surface area (Å²) in [7, 11) is -0.804. The van der Waals surface area contributed by atoms with E-state index >= 15 is 0 Å². The molecule has 166 valence electrons. The lowest BCUT2D eigenvalue weighted by atomic mass is 9.96. The lowest BCUT2D eigenvalue weighted by molar-refractivity contribution is 0.176. The number of anilines is 1. The largest absolute Gasteiger partial charge is 0.507 e. The van der Waals surface area contributed by atoms with Crippen molar-refractivity contribution in [3.63, 3.8) is 0 Å². The fourth-order valence-electron chi connectivity index (χ4n) is 4.64. The van der Waals surface area contributed by atoms with Crippen molar-refractivity contribution in [2.24, 2.45) is 0 Å². The maximum atomic E-state index is 14.9. The number of nitrogens with one attached hydrogen (secondary N) is 1. The summed E-state index contributed by atoms with van der Waals surface area (Å²) in [4.78, 5) is 10.8. The Hall–Kier alpha value is -3.33. The van der Waals surface area contributed by atoms with Gasteiger partial charge in [0, 0.05) is 36.3 Å². The zero-order valence-corrected chi connectivity index (χ0v) is 17.4. The van der Waals surface area contributed by atoms with Crippen LogP contribution in [0.15, 0.2) is 42.9 Å². The number of rotatable bonds is 5. The molecule has 2 unspecified atom stereocenters. The van der Waals surface area contributed by atoms with Crippen LogP contribution < -0.4 is 15.0 Å². The molecule has 2 saturated heterocycles. The minimum atomic E-state index is -2.64. The van der Waals surface area contributed by atoms with E-state index in [1.807, 2.05) is 11.9 Å². The van der Waals surface area contributed by atoms with Crippen LogP contribution in [0.25, 0.3) is 22.4 Å². The summed E-state index contributed by atoms with van der Waals surface area (Å²) in [6.45, 7) is 0. The molecule has 4 heterocycles. The quantitative estimate of drug-likeness (QED) is 0.626. The summed E-state index contributed by atoms with van der Waals surface area (Å²) in [6, 6.07) is 6.37. The van der Waals surface area contributed by atoms with Crippen LogP contribution in [0.5, 0.6) is 11.6 Å².